The number of rotatable bonds is 5. The maximum absolute atomic E-state index is 13.3. The van der Waals surface area contributed by atoms with Gasteiger partial charge >= 0.3 is 5.97 Å². The number of hydrogen-bond acceptors (Lipinski definition) is 3. The van der Waals surface area contributed by atoms with Crippen molar-refractivity contribution in [1.29, 1.82) is 0 Å². The average Bonchev–Trinajstić information content (AvgIpc) is 2.94. The van der Waals surface area contributed by atoms with Gasteiger partial charge in [0.05, 0.1) is 6.42 Å². The Bertz CT molecular complexity index is 552. The second-order valence-corrected chi connectivity index (χ2v) is 4.78. The van der Waals surface area contributed by atoms with Gasteiger partial charge in [-0.2, -0.15) is 0 Å². The lowest BCUT2D eigenvalue weighted by molar-refractivity contribution is -0.147. The fourth-order valence-electron chi connectivity index (χ4n) is 2.08. The standard InChI is InChI=1S/C15H15F2NO3/c16-11-6-3-7-12(17)15(11)18-13(19)9-21-14(20)8-10-4-1-2-5-10/h1,3-4,6-7,10H,2,5,8-9H2,(H,18,19)/t10-/m1/s1. The summed E-state index contributed by atoms with van der Waals surface area (Å²) in [5, 5.41) is 2.05. The third kappa shape index (κ3) is 4.37. The zero-order valence-electron chi connectivity index (χ0n) is 11.3. The largest absolute Gasteiger partial charge is 0.456 e. The molecule has 0 bridgehead atoms. The first-order valence-corrected chi connectivity index (χ1v) is 6.62. The summed E-state index contributed by atoms with van der Waals surface area (Å²) in [7, 11) is 0. The van der Waals surface area contributed by atoms with Gasteiger partial charge in [-0.1, -0.05) is 18.2 Å². The van der Waals surface area contributed by atoms with E-state index in [1.54, 1.807) is 0 Å². The van der Waals surface area contributed by atoms with Crippen molar-refractivity contribution in [1.82, 2.24) is 0 Å². The second-order valence-electron chi connectivity index (χ2n) is 4.78. The van der Waals surface area contributed by atoms with Gasteiger partial charge in [0.25, 0.3) is 5.91 Å². The average molecular weight is 295 g/mol. The Morgan fingerprint density at radius 3 is 2.62 bits per heavy atom. The first-order chi connectivity index (χ1) is 10.1. The lowest BCUT2D eigenvalue weighted by Gasteiger charge is -2.09. The molecule has 1 aromatic rings. The highest BCUT2D eigenvalue weighted by Gasteiger charge is 2.17. The lowest BCUT2D eigenvalue weighted by atomic mass is 10.1. The van der Waals surface area contributed by atoms with Crippen LogP contribution in [0.3, 0.4) is 0 Å². The van der Waals surface area contributed by atoms with Crippen LogP contribution in [-0.4, -0.2) is 18.5 Å². The minimum absolute atomic E-state index is 0.143. The highest BCUT2D eigenvalue weighted by molar-refractivity contribution is 5.93. The van der Waals surface area contributed by atoms with Crippen LogP contribution < -0.4 is 5.32 Å². The summed E-state index contributed by atoms with van der Waals surface area (Å²) in [6.07, 6.45) is 5.96. The van der Waals surface area contributed by atoms with Gasteiger partial charge in [0.1, 0.15) is 17.3 Å². The first kappa shape index (κ1) is 15.2. The number of carbonyl (C=O) groups excluding carboxylic acids is 2. The number of anilines is 1. The van der Waals surface area contributed by atoms with Gasteiger partial charge in [-0.25, -0.2) is 8.78 Å². The van der Waals surface area contributed by atoms with Crippen molar-refractivity contribution in [2.75, 3.05) is 11.9 Å². The Kier molecular flexibility index (Phi) is 5.03. The number of nitrogens with one attached hydrogen (secondary N) is 1. The summed E-state index contributed by atoms with van der Waals surface area (Å²) in [6.45, 7) is -0.566. The monoisotopic (exact) mass is 295 g/mol. The Balaban J connectivity index is 1.79. The van der Waals surface area contributed by atoms with E-state index >= 15 is 0 Å². The molecule has 0 aliphatic heterocycles. The second kappa shape index (κ2) is 6.97. The normalized spacial score (nSPS) is 16.8. The van der Waals surface area contributed by atoms with Crippen LogP contribution in [0.1, 0.15) is 19.3 Å². The van der Waals surface area contributed by atoms with E-state index in [9.17, 15) is 18.4 Å². The Hall–Kier alpha value is -2.24. The van der Waals surface area contributed by atoms with Crippen LogP contribution >= 0.6 is 0 Å². The van der Waals surface area contributed by atoms with Crippen LogP contribution in [0.25, 0.3) is 0 Å². The summed E-state index contributed by atoms with van der Waals surface area (Å²) >= 11 is 0. The van der Waals surface area contributed by atoms with E-state index in [0.717, 1.165) is 25.0 Å². The van der Waals surface area contributed by atoms with E-state index in [-0.39, 0.29) is 12.3 Å². The summed E-state index contributed by atoms with van der Waals surface area (Å²) < 4.78 is 31.4. The third-order valence-corrected chi connectivity index (χ3v) is 3.13. The van der Waals surface area contributed by atoms with Crippen molar-refractivity contribution < 1.29 is 23.1 Å². The number of amides is 1. The lowest BCUT2D eigenvalue weighted by Crippen LogP contribution is -2.22. The van der Waals surface area contributed by atoms with Gasteiger partial charge in [-0.15, -0.1) is 0 Å². The summed E-state index contributed by atoms with van der Waals surface area (Å²) in [4.78, 5) is 23.0. The maximum Gasteiger partial charge on any atom is 0.306 e. The number of allylic oxidation sites excluding steroid dienone is 2. The molecule has 0 radical (unpaired) electrons. The molecule has 4 nitrogen and oxygen atoms in total. The highest BCUT2D eigenvalue weighted by Crippen LogP contribution is 2.21. The number of benzene rings is 1. The Morgan fingerprint density at radius 1 is 1.29 bits per heavy atom. The van der Waals surface area contributed by atoms with Gasteiger partial charge in [0.15, 0.2) is 6.61 Å². The van der Waals surface area contributed by atoms with Crippen molar-refractivity contribution in [3.8, 4) is 0 Å². The molecule has 1 aromatic carbocycles. The van der Waals surface area contributed by atoms with Crippen LogP contribution in [0.2, 0.25) is 0 Å². The minimum Gasteiger partial charge on any atom is -0.456 e. The molecule has 0 saturated heterocycles. The van der Waals surface area contributed by atoms with Crippen molar-refractivity contribution in [2.24, 2.45) is 5.92 Å². The number of carbonyl (C=O) groups is 2. The van der Waals surface area contributed by atoms with E-state index in [0.29, 0.717) is 0 Å². The molecular weight excluding hydrogens is 280 g/mol. The molecule has 0 spiro atoms. The van der Waals surface area contributed by atoms with Gasteiger partial charge in [0.2, 0.25) is 0 Å². The highest BCUT2D eigenvalue weighted by atomic mass is 19.1. The molecule has 0 fully saturated rings. The third-order valence-electron chi connectivity index (χ3n) is 3.13. The number of halogens is 2. The van der Waals surface area contributed by atoms with Crippen LogP contribution in [0, 0.1) is 17.6 Å². The zero-order chi connectivity index (χ0) is 15.2. The number of ether oxygens (including phenoxy) is 1. The van der Waals surface area contributed by atoms with Gasteiger partial charge < -0.3 is 10.1 Å². The summed E-state index contributed by atoms with van der Waals surface area (Å²) in [5.41, 5.74) is -0.544. The predicted molar refractivity (Wildman–Crippen MR) is 72.4 cm³/mol. The molecule has 6 heteroatoms. The van der Waals surface area contributed by atoms with Crippen LogP contribution in [0.4, 0.5) is 14.5 Å². The molecule has 0 heterocycles. The fraction of sp³-hybridized carbons (Fsp3) is 0.333. The summed E-state index contributed by atoms with van der Waals surface area (Å²) in [5.74, 6) is -2.91. The molecule has 21 heavy (non-hydrogen) atoms. The molecule has 1 aliphatic rings. The van der Waals surface area contributed by atoms with E-state index in [1.165, 1.54) is 6.07 Å². The van der Waals surface area contributed by atoms with Crippen LogP contribution in [0.15, 0.2) is 30.4 Å². The number of hydrogen-bond donors (Lipinski definition) is 1. The van der Waals surface area contributed by atoms with E-state index in [1.807, 2.05) is 17.5 Å². The van der Waals surface area contributed by atoms with Gasteiger partial charge in [-0.3, -0.25) is 9.59 Å². The van der Waals surface area contributed by atoms with E-state index < -0.39 is 35.8 Å². The van der Waals surface area contributed by atoms with Crippen LogP contribution in [0.5, 0.6) is 0 Å². The molecule has 2 rings (SSSR count). The SMILES string of the molecule is O=C(COC(=O)C[C@@H]1C=CCC1)Nc1c(F)cccc1F. The molecule has 1 N–H and O–H groups in total. The molecule has 0 saturated carbocycles. The predicted octanol–water partition coefficient (Wildman–Crippen LogP) is 2.80. The molecule has 1 amide bonds. The molecule has 0 aromatic heterocycles. The topological polar surface area (TPSA) is 55.4 Å². The zero-order valence-corrected chi connectivity index (χ0v) is 11.3. The van der Waals surface area contributed by atoms with Gasteiger partial charge in [-0.05, 0) is 30.9 Å². The van der Waals surface area contributed by atoms with E-state index in [2.05, 4.69) is 0 Å². The first-order valence-electron chi connectivity index (χ1n) is 6.62. The Morgan fingerprint density at radius 2 is 2.00 bits per heavy atom. The smallest absolute Gasteiger partial charge is 0.306 e. The van der Waals surface area contributed by atoms with Gasteiger partial charge in [0, 0.05) is 0 Å². The van der Waals surface area contributed by atoms with Crippen LogP contribution in [-0.2, 0) is 14.3 Å². The Labute approximate surface area is 120 Å². The minimum atomic E-state index is -0.884. The fourth-order valence-corrected chi connectivity index (χ4v) is 2.08. The summed E-state index contributed by atoms with van der Waals surface area (Å²) in [6, 6.07) is 3.24. The van der Waals surface area contributed by atoms with Crippen molar-refractivity contribution in [3.63, 3.8) is 0 Å². The molecule has 0 unspecified atom stereocenters. The molecule has 1 aliphatic carbocycles. The molecular formula is C15H15F2NO3. The number of para-hydroxylation sites is 1. The molecule has 112 valence electrons. The number of esters is 1. The maximum atomic E-state index is 13.3. The quantitative estimate of drug-likeness (QED) is 0.671. The van der Waals surface area contributed by atoms with Crippen molar-refractivity contribution in [2.45, 2.75) is 19.3 Å². The van der Waals surface area contributed by atoms with E-state index in [4.69, 9.17) is 4.74 Å². The molecule has 1 atom stereocenters. The van der Waals surface area contributed by atoms with Crippen molar-refractivity contribution >= 4 is 17.6 Å². The van der Waals surface area contributed by atoms with Crippen molar-refractivity contribution in [3.05, 3.63) is 42.0 Å².